The van der Waals surface area contributed by atoms with Gasteiger partial charge in [0.15, 0.2) is 0 Å². The van der Waals surface area contributed by atoms with Gasteiger partial charge < -0.3 is 15.1 Å². The summed E-state index contributed by atoms with van der Waals surface area (Å²) in [5, 5.41) is 2.85. The second-order valence-corrected chi connectivity index (χ2v) is 4.87. The summed E-state index contributed by atoms with van der Waals surface area (Å²) in [4.78, 5) is 15.8. The molecule has 4 nitrogen and oxygen atoms in total. The fraction of sp³-hybridized carbons (Fsp3) is 0.923. The number of hydrogen-bond acceptors (Lipinski definition) is 3. The highest BCUT2D eigenvalue weighted by Crippen LogP contribution is 2.03. The Kier molecular flexibility index (Phi) is 7.21. The molecule has 1 rings (SSSR count). The third-order valence-electron chi connectivity index (χ3n) is 3.32. The number of hydrogen-bond donors (Lipinski definition) is 1. The van der Waals surface area contributed by atoms with Gasteiger partial charge >= 0.3 is 0 Å². The van der Waals surface area contributed by atoms with Crippen LogP contribution in [0.4, 0.5) is 0 Å². The van der Waals surface area contributed by atoms with Crippen LogP contribution in [0.25, 0.3) is 0 Å². The maximum absolute atomic E-state index is 10.7. The lowest BCUT2D eigenvalue weighted by Crippen LogP contribution is -2.47. The van der Waals surface area contributed by atoms with Gasteiger partial charge in [0.25, 0.3) is 0 Å². The zero-order valence-electron chi connectivity index (χ0n) is 11.4. The van der Waals surface area contributed by atoms with Gasteiger partial charge in [0, 0.05) is 39.6 Å². The Labute approximate surface area is 105 Å². The van der Waals surface area contributed by atoms with Gasteiger partial charge in [-0.2, -0.15) is 0 Å². The van der Waals surface area contributed by atoms with Gasteiger partial charge in [-0.1, -0.05) is 13.3 Å². The van der Waals surface area contributed by atoms with Crippen molar-refractivity contribution >= 4 is 5.91 Å². The zero-order chi connectivity index (χ0) is 12.5. The van der Waals surface area contributed by atoms with Crippen LogP contribution in [0.3, 0.4) is 0 Å². The summed E-state index contributed by atoms with van der Waals surface area (Å²) in [6.07, 6.45) is 3.67. The third kappa shape index (κ3) is 6.64. The Balaban J connectivity index is 2.01. The van der Waals surface area contributed by atoms with Crippen molar-refractivity contribution in [3.63, 3.8) is 0 Å². The van der Waals surface area contributed by atoms with Gasteiger partial charge in [-0.3, -0.25) is 4.79 Å². The second kappa shape index (κ2) is 8.48. The Hall–Kier alpha value is -0.610. The highest BCUT2D eigenvalue weighted by molar-refractivity contribution is 5.72. The van der Waals surface area contributed by atoms with Crippen molar-refractivity contribution in [1.29, 1.82) is 0 Å². The normalized spacial score (nSPS) is 18.2. The van der Waals surface area contributed by atoms with Crippen LogP contribution in [0.5, 0.6) is 0 Å². The molecule has 0 aromatic heterocycles. The molecule has 1 heterocycles. The Morgan fingerprint density at radius 1 is 1.06 bits per heavy atom. The first kappa shape index (κ1) is 14.5. The number of unbranched alkanes of at least 4 members (excludes halogenated alkanes) is 1. The Bertz CT molecular complexity index is 213. The highest BCUT2D eigenvalue weighted by Gasteiger charge is 2.15. The maximum Gasteiger partial charge on any atom is 0.216 e. The van der Waals surface area contributed by atoms with E-state index in [0.29, 0.717) is 0 Å². The molecule has 0 aromatic carbocycles. The summed E-state index contributed by atoms with van der Waals surface area (Å²) in [5.74, 6) is 0.0781. The minimum absolute atomic E-state index is 0.0781. The summed E-state index contributed by atoms with van der Waals surface area (Å²) in [6, 6.07) is 0. The van der Waals surface area contributed by atoms with Gasteiger partial charge in [-0.15, -0.1) is 0 Å². The van der Waals surface area contributed by atoms with E-state index in [4.69, 9.17) is 0 Å². The number of carbonyl (C=O) groups is 1. The van der Waals surface area contributed by atoms with E-state index in [1.54, 1.807) is 6.92 Å². The zero-order valence-corrected chi connectivity index (χ0v) is 11.4. The molecule has 0 saturated carbocycles. The van der Waals surface area contributed by atoms with Crippen LogP contribution < -0.4 is 5.32 Å². The van der Waals surface area contributed by atoms with E-state index in [9.17, 15) is 4.79 Å². The van der Waals surface area contributed by atoms with Crippen LogP contribution in [-0.2, 0) is 4.79 Å². The molecule has 1 fully saturated rings. The van der Waals surface area contributed by atoms with E-state index < -0.39 is 0 Å². The standard InChI is InChI=1S/C13H27N3O/c1-3-4-7-15-9-11-16(12-10-15)8-5-6-14-13(2)17/h3-12H2,1-2H3,(H,14,17). The van der Waals surface area contributed by atoms with Crippen molar-refractivity contribution in [1.82, 2.24) is 15.1 Å². The van der Waals surface area contributed by atoms with Crippen molar-refractivity contribution in [2.75, 3.05) is 45.8 Å². The minimum Gasteiger partial charge on any atom is -0.356 e. The average Bonchev–Trinajstić information content (AvgIpc) is 2.33. The largest absolute Gasteiger partial charge is 0.356 e. The highest BCUT2D eigenvalue weighted by atomic mass is 16.1. The first-order valence-corrected chi connectivity index (χ1v) is 6.91. The van der Waals surface area contributed by atoms with Crippen molar-refractivity contribution in [3.05, 3.63) is 0 Å². The van der Waals surface area contributed by atoms with Gasteiger partial charge in [-0.05, 0) is 25.9 Å². The van der Waals surface area contributed by atoms with Crippen molar-refractivity contribution in [3.8, 4) is 0 Å². The Morgan fingerprint density at radius 3 is 2.06 bits per heavy atom. The van der Waals surface area contributed by atoms with Crippen molar-refractivity contribution in [2.24, 2.45) is 0 Å². The number of piperazine rings is 1. The second-order valence-electron chi connectivity index (χ2n) is 4.87. The van der Waals surface area contributed by atoms with E-state index >= 15 is 0 Å². The molecule has 1 saturated heterocycles. The van der Waals surface area contributed by atoms with Crippen LogP contribution in [0.15, 0.2) is 0 Å². The molecule has 17 heavy (non-hydrogen) atoms. The summed E-state index contributed by atoms with van der Waals surface area (Å²) >= 11 is 0. The SMILES string of the molecule is CCCCN1CCN(CCCNC(C)=O)CC1. The topological polar surface area (TPSA) is 35.6 Å². The van der Waals surface area contributed by atoms with Crippen molar-refractivity contribution < 1.29 is 4.79 Å². The van der Waals surface area contributed by atoms with Crippen LogP contribution in [0, 0.1) is 0 Å². The minimum atomic E-state index is 0.0781. The third-order valence-corrected chi connectivity index (χ3v) is 3.32. The van der Waals surface area contributed by atoms with Gasteiger partial charge in [0.1, 0.15) is 0 Å². The molecule has 1 N–H and O–H groups in total. The van der Waals surface area contributed by atoms with E-state index in [0.717, 1.165) is 19.5 Å². The van der Waals surface area contributed by atoms with Crippen LogP contribution in [-0.4, -0.2) is 61.5 Å². The fourth-order valence-electron chi connectivity index (χ4n) is 2.19. The molecule has 0 atom stereocenters. The molecule has 0 aromatic rings. The van der Waals surface area contributed by atoms with Crippen LogP contribution >= 0.6 is 0 Å². The summed E-state index contributed by atoms with van der Waals surface area (Å²) in [5.41, 5.74) is 0. The number of nitrogens with zero attached hydrogens (tertiary/aromatic N) is 2. The van der Waals surface area contributed by atoms with Crippen LogP contribution in [0.2, 0.25) is 0 Å². The lowest BCUT2D eigenvalue weighted by Gasteiger charge is -2.34. The molecule has 100 valence electrons. The monoisotopic (exact) mass is 241 g/mol. The molecular formula is C13H27N3O. The lowest BCUT2D eigenvalue weighted by molar-refractivity contribution is -0.118. The number of nitrogens with one attached hydrogen (secondary N) is 1. The molecule has 0 radical (unpaired) electrons. The number of carbonyl (C=O) groups excluding carboxylic acids is 1. The van der Waals surface area contributed by atoms with E-state index in [2.05, 4.69) is 22.0 Å². The first-order chi connectivity index (χ1) is 8.22. The first-order valence-electron chi connectivity index (χ1n) is 6.91. The summed E-state index contributed by atoms with van der Waals surface area (Å²) in [7, 11) is 0. The van der Waals surface area contributed by atoms with Gasteiger partial charge in [-0.25, -0.2) is 0 Å². The van der Waals surface area contributed by atoms with E-state index in [1.807, 2.05) is 0 Å². The molecular weight excluding hydrogens is 214 g/mol. The maximum atomic E-state index is 10.7. The molecule has 0 spiro atoms. The quantitative estimate of drug-likeness (QED) is 0.674. The lowest BCUT2D eigenvalue weighted by atomic mass is 10.2. The predicted molar refractivity (Wildman–Crippen MR) is 71.1 cm³/mol. The van der Waals surface area contributed by atoms with Crippen molar-refractivity contribution in [2.45, 2.75) is 33.1 Å². The molecule has 1 aliphatic rings. The molecule has 1 aliphatic heterocycles. The molecule has 1 amide bonds. The average molecular weight is 241 g/mol. The molecule has 4 heteroatoms. The number of rotatable bonds is 7. The van der Waals surface area contributed by atoms with E-state index in [1.165, 1.54) is 45.6 Å². The summed E-state index contributed by atoms with van der Waals surface area (Å²) < 4.78 is 0. The fourth-order valence-corrected chi connectivity index (χ4v) is 2.19. The predicted octanol–water partition coefficient (Wildman–Crippen LogP) is 0.930. The van der Waals surface area contributed by atoms with Gasteiger partial charge in [0.05, 0.1) is 0 Å². The number of amides is 1. The molecule has 0 bridgehead atoms. The van der Waals surface area contributed by atoms with Gasteiger partial charge in [0.2, 0.25) is 5.91 Å². The summed E-state index contributed by atoms with van der Waals surface area (Å²) in [6.45, 7) is 11.8. The molecule has 0 unspecified atom stereocenters. The molecule has 0 aliphatic carbocycles. The van der Waals surface area contributed by atoms with Crippen LogP contribution in [0.1, 0.15) is 33.1 Å². The van der Waals surface area contributed by atoms with E-state index in [-0.39, 0.29) is 5.91 Å². The Morgan fingerprint density at radius 2 is 1.59 bits per heavy atom. The smallest absolute Gasteiger partial charge is 0.216 e.